The van der Waals surface area contributed by atoms with Crippen LogP contribution in [0.2, 0.25) is 0 Å². The SMILES string of the molecule is O=C(CC(=O)C(F)(F)C(F)F)c1ccco1. The number of halogens is 4. The van der Waals surface area contributed by atoms with Crippen LogP contribution in [0.15, 0.2) is 22.8 Å². The van der Waals surface area contributed by atoms with E-state index >= 15 is 0 Å². The second-order valence-corrected chi connectivity index (χ2v) is 2.92. The molecule has 0 amide bonds. The summed E-state index contributed by atoms with van der Waals surface area (Å²) >= 11 is 0. The van der Waals surface area contributed by atoms with Crippen molar-refractivity contribution in [2.24, 2.45) is 0 Å². The first kappa shape index (κ1) is 12.4. The molecule has 0 bridgehead atoms. The highest BCUT2D eigenvalue weighted by Gasteiger charge is 2.48. The lowest BCUT2D eigenvalue weighted by molar-refractivity contribution is -0.166. The molecule has 0 spiro atoms. The van der Waals surface area contributed by atoms with Crippen molar-refractivity contribution < 1.29 is 31.6 Å². The maximum atomic E-state index is 12.5. The summed E-state index contributed by atoms with van der Waals surface area (Å²) in [5.41, 5.74) is 0. The van der Waals surface area contributed by atoms with Crippen LogP contribution in [0.3, 0.4) is 0 Å². The molecule has 0 N–H and O–H groups in total. The highest BCUT2D eigenvalue weighted by Crippen LogP contribution is 2.25. The van der Waals surface area contributed by atoms with Crippen LogP contribution in [0.4, 0.5) is 17.6 Å². The Morgan fingerprint density at radius 3 is 2.44 bits per heavy atom. The van der Waals surface area contributed by atoms with Gasteiger partial charge in [0.2, 0.25) is 11.6 Å². The van der Waals surface area contributed by atoms with Gasteiger partial charge in [-0.2, -0.15) is 8.78 Å². The fourth-order valence-corrected chi connectivity index (χ4v) is 0.910. The van der Waals surface area contributed by atoms with E-state index in [1.807, 2.05) is 0 Å². The van der Waals surface area contributed by atoms with E-state index in [0.29, 0.717) is 0 Å². The Hall–Kier alpha value is -1.66. The first-order valence-electron chi connectivity index (χ1n) is 4.11. The summed E-state index contributed by atoms with van der Waals surface area (Å²) in [5, 5.41) is 0. The van der Waals surface area contributed by atoms with Gasteiger partial charge in [0, 0.05) is 0 Å². The molecular formula is C9H6F4O3. The zero-order chi connectivity index (χ0) is 12.3. The van der Waals surface area contributed by atoms with Crippen molar-refractivity contribution in [3.8, 4) is 0 Å². The molecule has 88 valence electrons. The number of carbonyl (C=O) groups excluding carboxylic acids is 2. The molecule has 0 aliphatic heterocycles. The maximum Gasteiger partial charge on any atom is 0.364 e. The van der Waals surface area contributed by atoms with Crippen molar-refractivity contribution in [3.05, 3.63) is 24.2 Å². The van der Waals surface area contributed by atoms with Gasteiger partial charge in [0.05, 0.1) is 12.7 Å². The number of alkyl halides is 4. The van der Waals surface area contributed by atoms with E-state index < -0.39 is 30.3 Å². The fraction of sp³-hybridized carbons (Fsp3) is 0.333. The quantitative estimate of drug-likeness (QED) is 0.449. The zero-order valence-electron chi connectivity index (χ0n) is 7.75. The Kier molecular flexibility index (Phi) is 3.46. The summed E-state index contributed by atoms with van der Waals surface area (Å²) in [6, 6.07) is 2.46. The van der Waals surface area contributed by atoms with Crippen LogP contribution in [0.1, 0.15) is 17.0 Å². The van der Waals surface area contributed by atoms with Crippen LogP contribution in [-0.4, -0.2) is 23.9 Å². The van der Waals surface area contributed by atoms with Crippen LogP contribution in [0.25, 0.3) is 0 Å². The Balaban J connectivity index is 2.69. The topological polar surface area (TPSA) is 47.3 Å². The van der Waals surface area contributed by atoms with Crippen molar-refractivity contribution in [1.82, 2.24) is 0 Å². The van der Waals surface area contributed by atoms with E-state index in [-0.39, 0.29) is 5.76 Å². The van der Waals surface area contributed by atoms with Crippen molar-refractivity contribution in [1.29, 1.82) is 0 Å². The molecule has 1 rings (SSSR count). The number of hydrogen-bond donors (Lipinski definition) is 0. The van der Waals surface area contributed by atoms with Crippen molar-refractivity contribution in [3.63, 3.8) is 0 Å². The fourth-order valence-electron chi connectivity index (χ4n) is 0.910. The number of rotatable bonds is 5. The first-order chi connectivity index (χ1) is 7.35. The highest BCUT2D eigenvalue weighted by molar-refractivity contribution is 6.08. The second-order valence-electron chi connectivity index (χ2n) is 2.92. The molecule has 0 aliphatic rings. The predicted octanol–water partition coefficient (Wildman–Crippen LogP) is 2.32. The molecular weight excluding hydrogens is 232 g/mol. The van der Waals surface area contributed by atoms with Gasteiger partial charge in [-0.1, -0.05) is 0 Å². The van der Waals surface area contributed by atoms with E-state index in [9.17, 15) is 27.2 Å². The number of hydrogen-bond acceptors (Lipinski definition) is 3. The number of furan rings is 1. The second kappa shape index (κ2) is 4.46. The van der Waals surface area contributed by atoms with Crippen LogP contribution in [-0.2, 0) is 4.79 Å². The molecule has 0 unspecified atom stereocenters. The zero-order valence-corrected chi connectivity index (χ0v) is 7.75. The van der Waals surface area contributed by atoms with Gasteiger partial charge >= 0.3 is 12.3 Å². The van der Waals surface area contributed by atoms with Crippen molar-refractivity contribution >= 4 is 11.6 Å². The Bertz CT molecular complexity index is 383. The van der Waals surface area contributed by atoms with Crippen molar-refractivity contribution in [2.45, 2.75) is 18.8 Å². The summed E-state index contributed by atoms with van der Waals surface area (Å²) in [6.45, 7) is 0. The third kappa shape index (κ3) is 2.47. The van der Waals surface area contributed by atoms with Crippen molar-refractivity contribution in [2.75, 3.05) is 0 Å². The minimum atomic E-state index is -4.80. The molecule has 0 aliphatic carbocycles. The van der Waals surface area contributed by atoms with E-state index in [4.69, 9.17) is 0 Å². The van der Waals surface area contributed by atoms with Gasteiger partial charge in [0.1, 0.15) is 0 Å². The van der Waals surface area contributed by atoms with Gasteiger partial charge in [-0.25, -0.2) is 8.78 Å². The van der Waals surface area contributed by atoms with Gasteiger partial charge in [0.25, 0.3) is 0 Å². The van der Waals surface area contributed by atoms with Gasteiger partial charge < -0.3 is 4.42 Å². The van der Waals surface area contributed by atoms with Gasteiger partial charge in [-0.3, -0.25) is 9.59 Å². The molecule has 0 saturated heterocycles. The number of carbonyl (C=O) groups is 2. The molecule has 1 heterocycles. The summed E-state index contributed by atoms with van der Waals surface area (Å²) in [4.78, 5) is 21.8. The lowest BCUT2D eigenvalue weighted by Crippen LogP contribution is -2.37. The monoisotopic (exact) mass is 238 g/mol. The minimum Gasteiger partial charge on any atom is -0.461 e. The normalized spacial score (nSPS) is 11.8. The smallest absolute Gasteiger partial charge is 0.364 e. The van der Waals surface area contributed by atoms with Crippen LogP contribution in [0.5, 0.6) is 0 Å². The molecule has 0 saturated carbocycles. The number of ketones is 2. The average Bonchev–Trinajstić information content (AvgIpc) is 2.69. The minimum absolute atomic E-state index is 0.321. The third-order valence-electron chi connectivity index (χ3n) is 1.76. The molecule has 16 heavy (non-hydrogen) atoms. The highest BCUT2D eigenvalue weighted by atomic mass is 19.3. The van der Waals surface area contributed by atoms with E-state index in [0.717, 1.165) is 12.3 Å². The lowest BCUT2D eigenvalue weighted by Gasteiger charge is -2.12. The number of Topliss-reactive ketones (excluding diaryl/α,β-unsaturated/α-hetero) is 2. The van der Waals surface area contributed by atoms with E-state index in [1.54, 1.807) is 0 Å². The Morgan fingerprint density at radius 2 is 2.00 bits per heavy atom. The van der Waals surface area contributed by atoms with Gasteiger partial charge in [-0.15, -0.1) is 0 Å². The molecule has 3 nitrogen and oxygen atoms in total. The van der Waals surface area contributed by atoms with Gasteiger partial charge in [0.15, 0.2) is 5.76 Å². The average molecular weight is 238 g/mol. The first-order valence-corrected chi connectivity index (χ1v) is 4.11. The summed E-state index contributed by atoms with van der Waals surface area (Å²) in [5.74, 6) is -8.31. The molecule has 0 aromatic carbocycles. The van der Waals surface area contributed by atoms with Crippen LogP contribution < -0.4 is 0 Å². The summed E-state index contributed by atoms with van der Waals surface area (Å²) in [6.07, 6.45) is -4.34. The molecule has 0 fully saturated rings. The molecule has 0 radical (unpaired) electrons. The molecule has 1 aromatic heterocycles. The van der Waals surface area contributed by atoms with E-state index in [2.05, 4.69) is 4.42 Å². The predicted molar refractivity (Wildman–Crippen MR) is 43.6 cm³/mol. The largest absolute Gasteiger partial charge is 0.461 e. The molecule has 7 heteroatoms. The molecule has 1 aromatic rings. The Morgan fingerprint density at radius 1 is 1.38 bits per heavy atom. The standard InChI is InChI=1S/C9H6F4O3/c10-8(11)9(12,13)7(15)4-5(14)6-2-1-3-16-6/h1-3,8H,4H2. The van der Waals surface area contributed by atoms with E-state index in [1.165, 1.54) is 6.07 Å². The third-order valence-corrected chi connectivity index (χ3v) is 1.76. The summed E-state index contributed by atoms with van der Waals surface area (Å²) < 4.78 is 53.0. The van der Waals surface area contributed by atoms with Crippen LogP contribution in [0, 0.1) is 0 Å². The maximum absolute atomic E-state index is 12.5. The van der Waals surface area contributed by atoms with Crippen LogP contribution >= 0.6 is 0 Å². The Labute approximate surface area is 87.0 Å². The molecule has 0 atom stereocenters. The summed E-state index contributed by atoms with van der Waals surface area (Å²) in [7, 11) is 0. The lowest BCUT2D eigenvalue weighted by atomic mass is 10.1. The van der Waals surface area contributed by atoms with Gasteiger partial charge in [-0.05, 0) is 12.1 Å².